The molecule has 3 heteroatoms. The van der Waals surface area contributed by atoms with Crippen LogP contribution in [0.1, 0.15) is 44.8 Å². The number of rotatable bonds is 6. The van der Waals surface area contributed by atoms with Crippen molar-refractivity contribution in [3.8, 4) is 0 Å². The number of carboxylic acids is 1. The van der Waals surface area contributed by atoms with Crippen LogP contribution in [0.15, 0.2) is 22.8 Å². The van der Waals surface area contributed by atoms with Crippen molar-refractivity contribution in [2.75, 3.05) is 0 Å². The molecule has 0 aliphatic heterocycles. The van der Waals surface area contributed by atoms with E-state index in [1.165, 1.54) is 0 Å². The summed E-state index contributed by atoms with van der Waals surface area (Å²) in [5.74, 6) is 0.634. The molecule has 0 aromatic carbocycles. The third kappa shape index (κ3) is 4.19. The Hall–Kier alpha value is -1.25. The van der Waals surface area contributed by atoms with Crippen molar-refractivity contribution in [1.82, 2.24) is 0 Å². The summed E-state index contributed by atoms with van der Waals surface area (Å²) in [6, 6.07) is 3.66. The van der Waals surface area contributed by atoms with E-state index in [0.717, 1.165) is 18.6 Å². The van der Waals surface area contributed by atoms with Crippen molar-refractivity contribution in [2.45, 2.75) is 39.0 Å². The summed E-state index contributed by atoms with van der Waals surface area (Å²) in [6.07, 6.45) is 3.65. The second-order valence-corrected chi connectivity index (χ2v) is 4.28. The molecule has 1 rings (SSSR count). The zero-order valence-corrected chi connectivity index (χ0v) is 9.27. The standard InChI is InChI=1S/C12H18O3/c1-9(2)5-6-10(8-12(13)14)11-4-3-7-15-11/h3-4,7,9-10H,5-6,8H2,1-2H3,(H,13,14). The highest BCUT2D eigenvalue weighted by molar-refractivity contribution is 5.67. The predicted octanol–water partition coefficient (Wildman–Crippen LogP) is 3.27. The highest BCUT2D eigenvalue weighted by atomic mass is 16.4. The summed E-state index contributed by atoms with van der Waals surface area (Å²) in [4.78, 5) is 10.7. The van der Waals surface area contributed by atoms with E-state index in [4.69, 9.17) is 9.52 Å². The molecule has 0 aliphatic carbocycles. The van der Waals surface area contributed by atoms with E-state index in [1.807, 2.05) is 6.07 Å². The van der Waals surface area contributed by atoms with E-state index < -0.39 is 5.97 Å². The van der Waals surface area contributed by atoms with Gasteiger partial charge in [0.2, 0.25) is 0 Å². The maximum Gasteiger partial charge on any atom is 0.304 e. The Kier molecular flexibility index (Phi) is 4.40. The van der Waals surface area contributed by atoms with E-state index in [0.29, 0.717) is 5.92 Å². The number of hydrogen-bond acceptors (Lipinski definition) is 2. The van der Waals surface area contributed by atoms with Gasteiger partial charge in [-0.05, 0) is 24.5 Å². The third-order valence-electron chi connectivity index (χ3n) is 2.46. The van der Waals surface area contributed by atoms with Crippen LogP contribution in [0.5, 0.6) is 0 Å². The lowest BCUT2D eigenvalue weighted by Gasteiger charge is -2.13. The molecule has 1 atom stereocenters. The minimum absolute atomic E-state index is 0.0138. The largest absolute Gasteiger partial charge is 0.481 e. The van der Waals surface area contributed by atoms with Crippen LogP contribution in [0.4, 0.5) is 0 Å². The average molecular weight is 210 g/mol. The van der Waals surface area contributed by atoms with Gasteiger partial charge in [-0.25, -0.2) is 0 Å². The number of carboxylic acid groups (broad SMARTS) is 1. The van der Waals surface area contributed by atoms with Gasteiger partial charge in [-0.3, -0.25) is 4.79 Å². The van der Waals surface area contributed by atoms with E-state index in [9.17, 15) is 4.79 Å². The number of aliphatic carboxylic acids is 1. The first-order valence-corrected chi connectivity index (χ1v) is 5.34. The second-order valence-electron chi connectivity index (χ2n) is 4.28. The molecular formula is C12H18O3. The molecular weight excluding hydrogens is 192 g/mol. The normalized spacial score (nSPS) is 13.0. The van der Waals surface area contributed by atoms with Crippen molar-refractivity contribution in [3.63, 3.8) is 0 Å². The Balaban J connectivity index is 2.57. The van der Waals surface area contributed by atoms with Crippen LogP contribution in [0.3, 0.4) is 0 Å². The fourth-order valence-electron chi connectivity index (χ4n) is 1.61. The molecule has 0 aliphatic rings. The number of hydrogen-bond donors (Lipinski definition) is 1. The van der Waals surface area contributed by atoms with Crippen LogP contribution >= 0.6 is 0 Å². The van der Waals surface area contributed by atoms with Gasteiger partial charge in [0.25, 0.3) is 0 Å². The number of furan rings is 1. The summed E-state index contributed by atoms with van der Waals surface area (Å²) >= 11 is 0. The molecule has 15 heavy (non-hydrogen) atoms. The van der Waals surface area contributed by atoms with Gasteiger partial charge in [0, 0.05) is 5.92 Å². The van der Waals surface area contributed by atoms with Gasteiger partial charge < -0.3 is 9.52 Å². The van der Waals surface area contributed by atoms with Gasteiger partial charge in [-0.2, -0.15) is 0 Å². The Morgan fingerprint density at radius 1 is 1.47 bits per heavy atom. The number of carbonyl (C=O) groups is 1. The molecule has 0 saturated carbocycles. The predicted molar refractivity (Wildman–Crippen MR) is 57.8 cm³/mol. The first-order valence-electron chi connectivity index (χ1n) is 5.34. The summed E-state index contributed by atoms with van der Waals surface area (Å²) in [6.45, 7) is 4.28. The summed E-state index contributed by atoms with van der Waals surface area (Å²) in [7, 11) is 0. The van der Waals surface area contributed by atoms with Gasteiger partial charge >= 0.3 is 5.97 Å². The van der Waals surface area contributed by atoms with Crippen LogP contribution in [-0.2, 0) is 4.79 Å². The molecule has 0 amide bonds. The van der Waals surface area contributed by atoms with Crippen molar-refractivity contribution in [2.24, 2.45) is 5.92 Å². The Morgan fingerprint density at radius 3 is 2.67 bits per heavy atom. The van der Waals surface area contributed by atoms with Crippen molar-refractivity contribution >= 4 is 5.97 Å². The molecule has 0 bridgehead atoms. The first kappa shape index (κ1) is 11.8. The van der Waals surface area contributed by atoms with Gasteiger partial charge in [-0.1, -0.05) is 20.3 Å². The van der Waals surface area contributed by atoms with Crippen molar-refractivity contribution < 1.29 is 14.3 Å². The Labute approximate surface area is 90.1 Å². The van der Waals surface area contributed by atoms with E-state index in [1.54, 1.807) is 12.3 Å². The fraction of sp³-hybridized carbons (Fsp3) is 0.583. The minimum Gasteiger partial charge on any atom is -0.481 e. The first-order chi connectivity index (χ1) is 7.09. The lowest BCUT2D eigenvalue weighted by atomic mass is 9.93. The maximum absolute atomic E-state index is 10.7. The van der Waals surface area contributed by atoms with E-state index in [2.05, 4.69) is 13.8 Å². The lowest BCUT2D eigenvalue weighted by molar-refractivity contribution is -0.137. The van der Waals surface area contributed by atoms with Crippen LogP contribution in [0.2, 0.25) is 0 Å². The van der Waals surface area contributed by atoms with E-state index in [-0.39, 0.29) is 12.3 Å². The molecule has 1 heterocycles. The van der Waals surface area contributed by atoms with Crippen LogP contribution in [0, 0.1) is 5.92 Å². The molecule has 3 nitrogen and oxygen atoms in total. The van der Waals surface area contributed by atoms with Gasteiger partial charge in [0.1, 0.15) is 5.76 Å². The highest BCUT2D eigenvalue weighted by Gasteiger charge is 2.18. The summed E-state index contributed by atoms with van der Waals surface area (Å²) in [5, 5.41) is 8.81. The smallest absolute Gasteiger partial charge is 0.304 e. The lowest BCUT2D eigenvalue weighted by Crippen LogP contribution is -2.06. The topological polar surface area (TPSA) is 50.4 Å². The average Bonchev–Trinajstić information content (AvgIpc) is 2.63. The van der Waals surface area contributed by atoms with Crippen LogP contribution in [0.25, 0.3) is 0 Å². The van der Waals surface area contributed by atoms with Crippen LogP contribution in [-0.4, -0.2) is 11.1 Å². The zero-order valence-electron chi connectivity index (χ0n) is 9.27. The Morgan fingerprint density at radius 2 is 2.20 bits per heavy atom. The van der Waals surface area contributed by atoms with E-state index >= 15 is 0 Å². The van der Waals surface area contributed by atoms with Crippen LogP contribution < -0.4 is 0 Å². The van der Waals surface area contributed by atoms with Crippen molar-refractivity contribution in [1.29, 1.82) is 0 Å². The molecule has 0 spiro atoms. The summed E-state index contributed by atoms with van der Waals surface area (Å²) in [5.41, 5.74) is 0. The highest BCUT2D eigenvalue weighted by Crippen LogP contribution is 2.26. The molecule has 0 radical (unpaired) electrons. The zero-order chi connectivity index (χ0) is 11.3. The summed E-state index contributed by atoms with van der Waals surface area (Å²) < 4.78 is 5.27. The van der Waals surface area contributed by atoms with Gasteiger partial charge in [-0.15, -0.1) is 0 Å². The minimum atomic E-state index is -0.764. The molecule has 1 aromatic heterocycles. The molecule has 1 N–H and O–H groups in total. The fourth-order valence-corrected chi connectivity index (χ4v) is 1.61. The Bertz CT molecular complexity index is 288. The second kappa shape index (κ2) is 5.59. The van der Waals surface area contributed by atoms with Gasteiger partial charge in [0.05, 0.1) is 12.7 Å². The van der Waals surface area contributed by atoms with Gasteiger partial charge in [0.15, 0.2) is 0 Å². The molecule has 0 fully saturated rings. The quantitative estimate of drug-likeness (QED) is 0.783. The molecule has 0 saturated heterocycles. The molecule has 1 unspecified atom stereocenters. The monoisotopic (exact) mass is 210 g/mol. The molecule has 84 valence electrons. The molecule has 1 aromatic rings. The SMILES string of the molecule is CC(C)CCC(CC(=O)O)c1ccco1. The maximum atomic E-state index is 10.7. The third-order valence-corrected chi connectivity index (χ3v) is 2.46. The van der Waals surface area contributed by atoms with Crippen molar-refractivity contribution in [3.05, 3.63) is 24.2 Å².